The number of carbonyl (C=O) groups is 1. The van der Waals surface area contributed by atoms with Crippen molar-refractivity contribution in [3.8, 4) is 11.5 Å². The lowest BCUT2D eigenvalue weighted by Crippen LogP contribution is -2.43. The lowest BCUT2D eigenvalue weighted by atomic mass is 9.84. The number of carbonyl (C=O) groups excluding carboxylic acids is 1. The predicted octanol–water partition coefficient (Wildman–Crippen LogP) is 4.74. The molecule has 2 aromatic carbocycles. The van der Waals surface area contributed by atoms with Crippen molar-refractivity contribution in [1.29, 1.82) is 0 Å². The van der Waals surface area contributed by atoms with Gasteiger partial charge in [0.15, 0.2) is 0 Å². The van der Waals surface area contributed by atoms with Gasteiger partial charge in [-0.1, -0.05) is 38.1 Å². The largest absolute Gasteiger partial charge is 0.457 e. The second-order valence-electron chi connectivity index (χ2n) is 6.94. The van der Waals surface area contributed by atoms with E-state index in [9.17, 15) is 4.79 Å². The molecular weight excluding hydrogens is 286 g/mol. The Morgan fingerprint density at radius 2 is 1.78 bits per heavy atom. The van der Waals surface area contributed by atoms with E-state index in [4.69, 9.17) is 4.74 Å². The fraction of sp³-hybridized carbons (Fsp3) is 0.350. The molecule has 1 heterocycles. The van der Waals surface area contributed by atoms with Crippen LogP contribution < -0.4 is 4.74 Å². The van der Waals surface area contributed by atoms with Crippen molar-refractivity contribution in [2.45, 2.75) is 26.7 Å². The van der Waals surface area contributed by atoms with Crippen LogP contribution in [-0.4, -0.2) is 23.9 Å². The first kappa shape index (κ1) is 15.6. The Balaban J connectivity index is 1.75. The second kappa shape index (κ2) is 6.45. The van der Waals surface area contributed by atoms with E-state index in [1.54, 1.807) is 0 Å². The van der Waals surface area contributed by atoms with E-state index in [1.165, 1.54) is 6.42 Å². The van der Waals surface area contributed by atoms with Gasteiger partial charge in [0.05, 0.1) is 0 Å². The Labute approximate surface area is 137 Å². The summed E-state index contributed by atoms with van der Waals surface area (Å²) in [7, 11) is 0. The number of benzene rings is 2. The molecule has 3 rings (SSSR count). The van der Waals surface area contributed by atoms with E-state index in [-0.39, 0.29) is 11.3 Å². The Bertz CT molecular complexity index is 679. The fourth-order valence-corrected chi connectivity index (χ4v) is 3.10. The number of amides is 1. The van der Waals surface area contributed by atoms with Crippen molar-refractivity contribution in [3.63, 3.8) is 0 Å². The first-order chi connectivity index (χ1) is 11.0. The van der Waals surface area contributed by atoms with Gasteiger partial charge in [0.2, 0.25) is 0 Å². The zero-order chi connectivity index (χ0) is 16.3. The molecule has 0 aromatic heterocycles. The van der Waals surface area contributed by atoms with Crippen LogP contribution >= 0.6 is 0 Å². The molecule has 120 valence electrons. The van der Waals surface area contributed by atoms with Crippen LogP contribution in [0.5, 0.6) is 11.5 Å². The standard InChI is InChI=1S/C20H23NO2/c1-20(2)12-7-13-21(15-20)19(22)16-8-6-11-18(14-16)23-17-9-4-3-5-10-17/h3-6,8-11,14H,7,12-13,15H2,1-2H3. The summed E-state index contributed by atoms with van der Waals surface area (Å²) in [6.07, 6.45) is 2.24. The number of hydrogen-bond donors (Lipinski definition) is 0. The van der Waals surface area contributed by atoms with Gasteiger partial charge in [-0.25, -0.2) is 0 Å². The van der Waals surface area contributed by atoms with E-state index < -0.39 is 0 Å². The molecule has 0 bridgehead atoms. The third-order valence-corrected chi connectivity index (χ3v) is 4.25. The monoisotopic (exact) mass is 309 g/mol. The van der Waals surface area contributed by atoms with E-state index in [1.807, 2.05) is 59.5 Å². The van der Waals surface area contributed by atoms with Crippen LogP contribution in [0, 0.1) is 5.41 Å². The third-order valence-electron chi connectivity index (χ3n) is 4.25. The molecule has 1 aliphatic heterocycles. The van der Waals surface area contributed by atoms with Gasteiger partial charge in [-0.2, -0.15) is 0 Å². The first-order valence-electron chi connectivity index (χ1n) is 8.16. The van der Waals surface area contributed by atoms with E-state index in [2.05, 4.69) is 13.8 Å². The molecule has 1 fully saturated rings. The van der Waals surface area contributed by atoms with Crippen LogP contribution in [0.4, 0.5) is 0 Å². The summed E-state index contributed by atoms with van der Waals surface area (Å²) in [5.74, 6) is 1.56. The topological polar surface area (TPSA) is 29.5 Å². The quantitative estimate of drug-likeness (QED) is 0.819. The lowest BCUT2D eigenvalue weighted by Gasteiger charge is -2.38. The highest BCUT2D eigenvalue weighted by Crippen LogP contribution is 2.30. The number of rotatable bonds is 3. The minimum absolute atomic E-state index is 0.0938. The summed E-state index contributed by atoms with van der Waals surface area (Å²) in [4.78, 5) is 14.7. The van der Waals surface area contributed by atoms with Crippen molar-refractivity contribution < 1.29 is 9.53 Å². The summed E-state index contributed by atoms with van der Waals surface area (Å²) < 4.78 is 5.83. The fourth-order valence-electron chi connectivity index (χ4n) is 3.10. The van der Waals surface area contributed by atoms with Crippen molar-refractivity contribution >= 4 is 5.91 Å². The summed E-state index contributed by atoms with van der Waals surface area (Å²) in [5, 5.41) is 0. The zero-order valence-corrected chi connectivity index (χ0v) is 13.8. The van der Waals surface area contributed by atoms with Gasteiger partial charge >= 0.3 is 0 Å². The number of para-hydroxylation sites is 1. The van der Waals surface area contributed by atoms with E-state index in [0.29, 0.717) is 11.3 Å². The van der Waals surface area contributed by atoms with Crippen LogP contribution in [-0.2, 0) is 0 Å². The maximum Gasteiger partial charge on any atom is 0.254 e. The number of hydrogen-bond acceptors (Lipinski definition) is 2. The van der Waals surface area contributed by atoms with Crippen LogP contribution in [0.2, 0.25) is 0 Å². The van der Waals surface area contributed by atoms with Crippen molar-refractivity contribution in [2.75, 3.05) is 13.1 Å². The van der Waals surface area contributed by atoms with E-state index >= 15 is 0 Å². The first-order valence-corrected chi connectivity index (χ1v) is 8.16. The minimum Gasteiger partial charge on any atom is -0.457 e. The molecule has 0 atom stereocenters. The van der Waals surface area contributed by atoms with Crippen molar-refractivity contribution in [1.82, 2.24) is 4.90 Å². The van der Waals surface area contributed by atoms with Crippen LogP contribution in [0.1, 0.15) is 37.0 Å². The average Bonchev–Trinajstić information content (AvgIpc) is 2.54. The minimum atomic E-state index is 0.0938. The molecule has 1 saturated heterocycles. The van der Waals surface area contributed by atoms with Crippen LogP contribution in [0.15, 0.2) is 54.6 Å². The summed E-state index contributed by atoms with van der Waals surface area (Å²) in [6, 6.07) is 17.1. The maximum absolute atomic E-state index is 12.8. The van der Waals surface area contributed by atoms with Crippen LogP contribution in [0.25, 0.3) is 0 Å². The molecule has 0 radical (unpaired) electrons. The highest BCUT2D eigenvalue weighted by atomic mass is 16.5. The van der Waals surface area contributed by atoms with Gasteiger partial charge in [-0.05, 0) is 48.6 Å². The van der Waals surface area contributed by atoms with Gasteiger partial charge in [0, 0.05) is 18.7 Å². The number of piperidine rings is 1. The summed E-state index contributed by atoms with van der Waals surface area (Å²) in [6.45, 7) is 6.10. The molecule has 0 unspecified atom stereocenters. The summed E-state index contributed by atoms with van der Waals surface area (Å²) in [5.41, 5.74) is 0.891. The predicted molar refractivity (Wildman–Crippen MR) is 91.9 cm³/mol. The number of likely N-dealkylation sites (tertiary alicyclic amines) is 1. The molecule has 0 spiro atoms. The lowest BCUT2D eigenvalue weighted by molar-refractivity contribution is 0.0583. The molecule has 0 N–H and O–H groups in total. The Kier molecular flexibility index (Phi) is 4.37. The number of ether oxygens (including phenoxy) is 1. The molecule has 2 aromatic rings. The number of nitrogens with zero attached hydrogens (tertiary/aromatic N) is 1. The molecular formula is C20H23NO2. The molecule has 0 saturated carbocycles. The van der Waals surface area contributed by atoms with E-state index in [0.717, 1.165) is 25.3 Å². The second-order valence-corrected chi connectivity index (χ2v) is 6.94. The van der Waals surface area contributed by atoms with Gasteiger partial charge in [-0.3, -0.25) is 4.79 Å². The molecule has 0 aliphatic carbocycles. The van der Waals surface area contributed by atoms with Gasteiger partial charge in [0.25, 0.3) is 5.91 Å². The zero-order valence-electron chi connectivity index (χ0n) is 13.8. The molecule has 23 heavy (non-hydrogen) atoms. The van der Waals surface area contributed by atoms with Gasteiger partial charge < -0.3 is 9.64 Å². The Hall–Kier alpha value is -2.29. The normalized spacial score (nSPS) is 16.9. The highest BCUT2D eigenvalue weighted by molar-refractivity contribution is 5.94. The van der Waals surface area contributed by atoms with Gasteiger partial charge in [-0.15, -0.1) is 0 Å². The molecule has 3 nitrogen and oxygen atoms in total. The summed E-state index contributed by atoms with van der Waals surface area (Å²) >= 11 is 0. The molecule has 1 amide bonds. The maximum atomic E-state index is 12.8. The molecule has 1 aliphatic rings. The molecule has 3 heteroatoms. The van der Waals surface area contributed by atoms with Crippen LogP contribution in [0.3, 0.4) is 0 Å². The third kappa shape index (κ3) is 3.92. The smallest absolute Gasteiger partial charge is 0.254 e. The Morgan fingerprint density at radius 3 is 2.52 bits per heavy atom. The van der Waals surface area contributed by atoms with Crippen molar-refractivity contribution in [3.05, 3.63) is 60.2 Å². The van der Waals surface area contributed by atoms with Crippen molar-refractivity contribution in [2.24, 2.45) is 5.41 Å². The average molecular weight is 309 g/mol. The SMILES string of the molecule is CC1(C)CCCN(C(=O)c2cccc(Oc3ccccc3)c2)C1. The van der Waals surface area contributed by atoms with Gasteiger partial charge in [0.1, 0.15) is 11.5 Å². The highest BCUT2D eigenvalue weighted by Gasteiger charge is 2.29. The Morgan fingerprint density at radius 1 is 1.04 bits per heavy atom.